The van der Waals surface area contributed by atoms with Gasteiger partial charge in [-0.3, -0.25) is 14.6 Å². The van der Waals surface area contributed by atoms with Gasteiger partial charge in [0.25, 0.3) is 5.91 Å². The highest BCUT2D eigenvalue weighted by atomic mass is 16.2. The highest BCUT2D eigenvalue weighted by Crippen LogP contribution is 2.34. The van der Waals surface area contributed by atoms with Crippen LogP contribution >= 0.6 is 0 Å². The highest BCUT2D eigenvalue weighted by Gasteiger charge is 2.38. The lowest BCUT2D eigenvalue weighted by atomic mass is 9.96. The zero-order chi connectivity index (χ0) is 29.4. The van der Waals surface area contributed by atoms with E-state index in [-0.39, 0.29) is 17.4 Å². The number of carbonyl (C=O) groups is 2. The van der Waals surface area contributed by atoms with Crippen LogP contribution < -0.4 is 16.8 Å². The van der Waals surface area contributed by atoms with Crippen molar-refractivity contribution in [2.45, 2.75) is 66.6 Å². The van der Waals surface area contributed by atoms with Crippen molar-refractivity contribution >= 4 is 34.6 Å². The van der Waals surface area contributed by atoms with Gasteiger partial charge in [0.05, 0.1) is 18.5 Å². The molecule has 8 heteroatoms. The zero-order valence-corrected chi connectivity index (χ0v) is 24.5. The number of anilines is 1. The summed E-state index contributed by atoms with van der Waals surface area (Å²) in [5.74, 6) is 0.938. The number of likely N-dealkylation sites (N-methyl/N-ethyl adjacent to an activating group) is 1. The molecule has 1 saturated carbocycles. The lowest BCUT2D eigenvalue weighted by Crippen LogP contribution is -2.31. The van der Waals surface area contributed by atoms with Crippen LogP contribution in [-0.4, -0.2) is 41.0 Å². The largest absolute Gasteiger partial charge is 0.404 e. The number of aryl methyl sites for hydroxylation is 2. The van der Waals surface area contributed by atoms with Crippen LogP contribution in [0.4, 0.5) is 5.82 Å². The molecule has 0 saturated heterocycles. The van der Waals surface area contributed by atoms with Gasteiger partial charge in [-0.15, -0.1) is 0 Å². The van der Waals surface area contributed by atoms with Gasteiger partial charge in [-0.05, 0) is 71.5 Å². The van der Waals surface area contributed by atoms with Gasteiger partial charge >= 0.3 is 0 Å². The van der Waals surface area contributed by atoms with E-state index in [0.717, 1.165) is 45.0 Å². The number of rotatable bonds is 9. The molecule has 40 heavy (non-hydrogen) atoms. The van der Waals surface area contributed by atoms with E-state index in [1.165, 1.54) is 12.4 Å². The van der Waals surface area contributed by atoms with Crippen LogP contribution in [0, 0.1) is 19.8 Å². The Bertz CT molecular complexity index is 1410. The van der Waals surface area contributed by atoms with E-state index in [4.69, 9.17) is 11.5 Å². The Kier molecular flexibility index (Phi) is 10.4. The van der Waals surface area contributed by atoms with Gasteiger partial charge in [-0.1, -0.05) is 45.0 Å². The number of hydrogen-bond acceptors (Lipinski definition) is 6. The summed E-state index contributed by atoms with van der Waals surface area (Å²) in [4.78, 5) is 35.7. The number of hydrogen-bond donors (Lipinski definition) is 3. The van der Waals surface area contributed by atoms with Crippen LogP contribution in [-0.2, 0) is 29.1 Å². The fraction of sp³-hybridized carbons (Fsp3) is 0.375. The molecule has 0 aliphatic heterocycles. The topological polar surface area (TPSA) is 127 Å². The third-order valence-electron chi connectivity index (χ3n) is 7.42. The van der Waals surface area contributed by atoms with Gasteiger partial charge in [0, 0.05) is 43.6 Å². The third-order valence-corrected chi connectivity index (χ3v) is 7.42. The lowest BCUT2D eigenvalue weighted by molar-refractivity contribution is -0.129. The molecule has 5 N–H and O–H groups in total. The molecule has 0 bridgehead atoms. The van der Waals surface area contributed by atoms with E-state index >= 15 is 0 Å². The molecule has 1 aromatic heterocycles. The van der Waals surface area contributed by atoms with Crippen LogP contribution in [0.2, 0.25) is 0 Å². The molecule has 2 atom stereocenters. The second-order valence-electron chi connectivity index (χ2n) is 10.1. The predicted octanol–water partition coefficient (Wildman–Crippen LogP) is 4.60. The number of pyridine rings is 1. The molecule has 1 unspecified atom stereocenters. The molecule has 1 aliphatic rings. The summed E-state index contributed by atoms with van der Waals surface area (Å²) in [6.07, 6.45) is 5.92. The average Bonchev–Trinajstić information content (AvgIpc) is 3.69. The number of benzene rings is 2. The van der Waals surface area contributed by atoms with Gasteiger partial charge in [-0.2, -0.15) is 0 Å². The monoisotopic (exact) mass is 542 g/mol. The number of nitrogens with one attached hydrogen (secondary N) is 1. The number of nitrogen functional groups attached to an aromatic ring is 1. The van der Waals surface area contributed by atoms with Crippen LogP contribution in [0.25, 0.3) is 10.8 Å². The SMILES string of the molecule is CC.Cc1cc2c(N)nccc2c(C)c1CNC(=O)/C(C=NCc1ccc(CC(=O)N(C)C2C[C@H]2C)cc1)=C/N. The average molecular weight is 543 g/mol. The molecule has 0 spiro atoms. The van der Waals surface area contributed by atoms with Gasteiger partial charge in [0.1, 0.15) is 5.82 Å². The molecule has 1 heterocycles. The molecule has 212 valence electrons. The Morgan fingerprint density at radius 3 is 2.40 bits per heavy atom. The number of carbonyl (C=O) groups excluding carboxylic acids is 2. The quantitative estimate of drug-likeness (QED) is 0.269. The van der Waals surface area contributed by atoms with E-state index < -0.39 is 0 Å². The van der Waals surface area contributed by atoms with Crippen molar-refractivity contribution in [1.29, 1.82) is 0 Å². The fourth-order valence-corrected chi connectivity index (χ4v) is 4.79. The van der Waals surface area contributed by atoms with Crippen molar-refractivity contribution in [2.24, 2.45) is 16.6 Å². The molecule has 2 amide bonds. The molecule has 1 aliphatic carbocycles. The Labute approximate surface area is 237 Å². The highest BCUT2D eigenvalue weighted by molar-refractivity contribution is 6.12. The number of aliphatic imine (C=N–C) groups is 1. The first-order valence-electron chi connectivity index (χ1n) is 13.9. The van der Waals surface area contributed by atoms with E-state index in [1.54, 1.807) is 6.20 Å². The van der Waals surface area contributed by atoms with Crippen LogP contribution in [0.15, 0.2) is 59.4 Å². The normalized spacial score (nSPS) is 16.4. The molecule has 2 aromatic carbocycles. The summed E-state index contributed by atoms with van der Waals surface area (Å²) in [7, 11) is 1.89. The number of nitrogens with two attached hydrogens (primary N) is 2. The molecule has 8 nitrogen and oxygen atoms in total. The van der Waals surface area contributed by atoms with Crippen LogP contribution in [0.1, 0.15) is 55.0 Å². The fourth-order valence-electron chi connectivity index (χ4n) is 4.79. The minimum Gasteiger partial charge on any atom is -0.404 e. The van der Waals surface area contributed by atoms with Gasteiger partial charge in [0.2, 0.25) is 5.91 Å². The predicted molar refractivity (Wildman–Crippen MR) is 164 cm³/mol. The molecule has 1 fully saturated rings. The maximum atomic E-state index is 12.8. The van der Waals surface area contributed by atoms with E-state index in [1.807, 2.05) is 76.0 Å². The Morgan fingerprint density at radius 1 is 1.12 bits per heavy atom. The molecule has 4 rings (SSSR count). The Hall–Kier alpha value is -4.20. The van der Waals surface area contributed by atoms with Crippen LogP contribution in [0.3, 0.4) is 0 Å². The van der Waals surface area contributed by atoms with Crippen molar-refractivity contribution in [1.82, 2.24) is 15.2 Å². The first kappa shape index (κ1) is 30.3. The number of aromatic nitrogens is 1. The summed E-state index contributed by atoms with van der Waals surface area (Å²) in [6.45, 7) is 10.9. The maximum absolute atomic E-state index is 12.8. The smallest absolute Gasteiger partial charge is 0.254 e. The summed E-state index contributed by atoms with van der Waals surface area (Å²) in [5, 5.41) is 4.87. The molecular weight excluding hydrogens is 500 g/mol. The van der Waals surface area contributed by atoms with Crippen molar-refractivity contribution in [3.8, 4) is 0 Å². The minimum atomic E-state index is -0.299. The number of fused-ring (bicyclic) bond motifs is 1. The third kappa shape index (κ3) is 7.25. The second kappa shape index (κ2) is 13.7. The van der Waals surface area contributed by atoms with Crippen molar-refractivity contribution in [3.63, 3.8) is 0 Å². The minimum absolute atomic E-state index is 0.143. The standard InChI is InChI=1S/C30H36N6O2.C2H6/c1-18-11-25-24(9-10-34-29(25)32)20(3)26(18)17-35-30(38)23(14-31)16-33-15-22-7-5-21(6-8-22)13-28(37)36(4)27-12-19(27)2;1-2/h5-11,14,16,19,27H,12-13,15,17,31H2,1-4H3,(H2,32,34)(H,35,38);1-2H3/b23-14+,33-16?;/t19-,27?;/m1./s1. The first-order valence-corrected chi connectivity index (χ1v) is 13.9. The first-order chi connectivity index (χ1) is 19.2. The molecule has 3 aromatic rings. The Morgan fingerprint density at radius 2 is 1.77 bits per heavy atom. The number of nitrogens with zero attached hydrogens (tertiary/aromatic N) is 3. The van der Waals surface area contributed by atoms with E-state index in [9.17, 15) is 9.59 Å². The Balaban J connectivity index is 0.00000216. The molecule has 0 radical (unpaired) electrons. The van der Waals surface area contributed by atoms with Gasteiger partial charge in [-0.25, -0.2) is 4.98 Å². The van der Waals surface area contributed by atoms with Crippen molar-refractivity contribution in [2.75, 3.05) is 12.8 Å². The summed E-state index contributed by atoms with van der Waals surface area (Å²) < 4.78 is 0. The van der Waals surface area contributed by atoms with E-state index in [0.29, 0.717) is 37.3 Å². The van der Waals surface area contributed by atoms with Crippen LogP contribution in [0.5, 0.6) is 0 Å². The number of amides is 2. The maximum Gasteiger partial charge on any atom is 0.254 e. The van der Waals surface area contributed by atoms with Gasteiger partial charge in [0.15, 0.2) is 0 Å². The zero-order valence-electron chi connectivity index (χ0n) is 24.5. The lowest BCUT2D eigenvalue weighted by Gasteiger charge is -2.17. The van der Waals surface area contributed by atoms with Crippen molar-refractivity contribution in [3.05, 3.63) is 82.2 Å². The van der Waals surface area contributed by atoms with Gasteiger partial charge < -0.3 is 21.7 Å². The van der Waals surface area contributed by atoms with Crippen molar-refractivity contribution < 1.29 is 9.59 Å². The second-order valence-corrected chi connectivity index (χ2v) is 10.1. The summed E-state index contributed by atoms with van der Waals surface area (Å²) in [6, 6.07) is 12.1. The summed E-state index contributed by atoms with van der Waals surface area (Å²) >= 11 is 0. The molecular formula is C32H42N6O2. The summed E-state index contributed by atoms with van der Waals surface area (Å²) in [5.41, 5.74) is 17.1. The van der Waals surface area contributed by atoms with E-state index in [2.05, 4.69) is 22.2 Å².